The van der Waals surface area contributed by atoms with Gasteiger partial charge in [0.2, 0.25) is 0 Å². The number of aliphatic hydroxyl groups excluding tert-OH is 1. The van der Waals surface area contributed by atoms with Gasteiger partial charge in [-0.3, -0.25) is 9.59 Å². The number of unbranched alkanes of at least 4 members (excludes halogenated alkanes) is 1. The maximum absolute atomic E-state index is 11.5. The molecule has 7 nitrogen and oxygen atoms in total. The van der Waals surface area contributed by atoms with Crippen LogP contribution in [-0.2, 0) is 9.59 Å². The second-order valence-corrected chi connectivity index (χ2v) is 7.20. The predicted octanol–water partition coefficient (Wildman–Crippen LogP) is 1.41. The Labute approximate surface area is 215 Å². The zero-order valence-electron chi connectivity index (χ0n) is 19.4. The standard InChI is InChI=1S/C25H25NO6.Na.H/c26-25(30)24(29)21-13-12-20(16-22(21)31-14-5-4-11-23(27)28)32-19-10-6-9-18(15-19)17-7-2-1-3-8-17;;/h1-3,6-10,12-13,15-16,24,29H,4-5,11,14H2,(H2,26,30)(H,27,28);;/q;+1;-1. The number of nitrogens with two attached hydrogens (primary N) is 1. The minimum absolute atomic E-state index is 0. The Bertz CT molecular complexity index is 1080. The summed E-state index contributed by atoms with van der Waals surface area (Å²) in [4.78, 5) is 22.1. The molecule has 0 saturated heterocycles. The fourth-order valence-corrected chi connectivity index (χ4v) is 3.15. The normalized spacial score (nSPS) is 11.2. The third kappa shape index (κ3) is 7.91. The van der Waals surface area contributed by atoms with Gasteiger partial charge in [-0.2, -0.15) is 0 Å². The van der Waals surface area contributed by atoms with Gasteiger partial charge in [0.05, 0.1) is 6.61 Å². The molecular weight excluding hydrogens is 433 g/mol. The maximum atomic E-state index is 11.5. The average Bonchev–Trinajstić information content (AvgIpc) is 2.79. The molecule has 1 amide bonds. The fraction of sp³-hybridized carbons (Fsp3) is 0.200. The number of carboxylic acid groups (broad SMARTS) is 1. The van der Waals surface area contributed by atoms with Crippen molar-refractivity contribution in [2.24, 2.45) is 5.73 Å². The molecule has 0 spiro atoms. The van der Waals surface area contributed by atoms with Gasteiger partial charge in [0.15, 0.2) is 6.10 Å². The van der Waals surface area contributed by atoms with E-state index in [1.807, 2.05) is 54.6 Å². The number of rotatable bonds is 11. The molecule has 0 aliphatic carbocycles. The summed E-state index contributed by atoms with van der Waals surface area (Å²) in [5, 5.41) is 18.9. The Hall–Kier alpha value is -2.84. The van der Waals surface area contributed by atoms with Gasteiger partial charge in [0.25, 0.3) is 5.91 Å². The van der Waals surface area contributed by atoms with Crippen molar-refractivity contribution in [3.8, 4) is 28.4 Å². The van der Waals surface area contributed by atoms with Crippen LogP contribution >= 0.6 is 0 Å². The molecule has 1 unspecified atom stereocenters. The summed E-state index contributed by atoms with van der Waals surface area (Å²) in [6.45, 7) is 0.221. The summed E-state index contributed by atoms with van der Waals surface area (Å²) in [6, 6.07) is 22.2. The molecular formula is C25H26NNaO6. The van der Waals surface area contributed by atoms with E-state index < -0.39 is 18.0 Å². The van der Waals surface area contributed by atoms with Crippen molar-refractivity contribution < 1.29 is 60.3 Å². The van der Waals surface area contributed by atoms with Crippen molar-refractivity contribution in [1.29, 1.82) is 0 Å². The molecule has 33 heavy (non-hydrogen) atoms. The molecule has 8 heteroatoms. The third-order valence-electron chi connectivity index (χ3n) is 4.77. The molecule has 3 aromatic rings. The van der Waals surface area contributed by atoms with E-state index in [9.17, 15) is 14.7 Å². The number of ether oxygens (including phenoxy) is 2. The Balaban J connectivity index is 0.00000289. The molecule has 3 aromatic carbocycles. The summed E-state index contributed by atoms with van der Waals surface area (Å²) in [7, 11) is 0. The van der Waals surface area contributed by atoms with Crippen molar-refractivity contribution in [3.63, 3.8) is 0 Å². The van der Waals surface area contributed by atoms with Gasteiger partial charge in [-0.25, -0.2) is 0 Å². The number of hydrogen-bond acceptors (Lipinski definition) is 5. The van der Waals surface area contributed by atoms with Gasteiger partial charge in [0.1, 0.15) is 17.2 Å². The number of carbonyl (C=O) groups is 2. The fourth-order valence-electron chi connectivity index (χ4n) is 3.15. The molecule has 4 N–H and O–H groups in total. The number of hydrogen-bond donors (Lipinski definition) is 3. The van der Waals surface area contributed by atoms with Crippen molar-refractivity contribution >= 4 is 11.9 Å². The second-order valence-electron chi connectivity index (χ2n) is 7.20. The van der Waals surface area contributed by atoms with Crippen molar-refractivity contribution in [1.82, 2.24) is 0 Å². The third-order valence-corrected chi connectivity index (χ3v) is 4.77. The predicted molar refractivity (Wildman–Crippen MR) is 121 cm³/mol. The second kappa shape index (κ2) is 13.0. The molecule has 0 aliphatic heterocycles. The van der Waals surface area contributed by atoms with Crippen LogP contribution in [0.1, 0.15) is 32.4 Å². The molecule has 168 valence electrons. The summed E-state index contributed by atoms with van der Waals surface area (Å²) in [5.41, 5.74) is 7.52. The molecule has 1 atom stereocenters. The van der Waals surface area contributed by atoms with E-state index >= 15 is 0 Å². The van der Waals surface area contributed by atoms with Gasteiger partial charge in [0, 0.05) is 18.1 Å². The van der Waals surface area contributed by atoms with Gasteiger partial charge in [-0.15, -0.1) is 0 Å². The average molecular weight is 459 g/mol. The summed E-state index contributed by atoms with van der Waals surface area (Å²) >= 11 is 0. The molecule has 0 saturated carbocycles. The van der Waals surface area contributed by atoms with Crippen LogP contribution in [0.5, 0.6) is 17.2 Å². The first-order valence-corrected chi connectivity index (χ1v) is 10.2. The first-order chi connectivity index (χ1) is 15.4. The van der Waals surface area contributed by atoms with Gasteiger partial charge in [-0.1, -0.05) is 42.5 Å². The Kier molecular flexibility index (Phi) is 10.4. The number of aliphatic hydroxyl groups is 1. The minimum atomic E-state index is -1.53. The Morgan fingerprint density at radius 1 is 0.909 bits per heavy atom. The zero-order chi connectivity index (χ0) is 22.9. The molecule has 0 bridgehead atoms. The van der Waals surface area contributed by atoms with Crippen LogP contribution in [0.4, 0.5) is 0 Å². The number of primary amides is 1. The topological polar surface area (TPSA) is 119 Å². The Morgan fingerprint density at radius 2 is 1.61 bits per heavy atom. The monoisotopic (exact) mass is 459 g/mol. The van der Waals surface area contributed by atoms with Crippen molar-refractivity contribution in [2.75, 3.05) is 6.61 Å². The number of benzene rings is 3. The van der Waals surface area contributed by atoms with Crippen LogP contribution in [0.2, 0.25) is 0 Å². The van der Waals surface area contributed by atoms with Gasteiger partial charge in [-0.05, 0) is 48.2 Å². The number of carboxylic acids is 1. The minimum Gasteiger partial charge on any atom is -1.00 e. The van der Waals surface area contributed by atoms with Crippen LogP contribution in [0.25, 0.3) is 11.1 Å². The van der Waals surface area contributed by atoms with E-state index in [1.165, 1.54) is 6.07 Å². The first kappa shape index (κ1) is 26.4. The van der Waals surface area contributed by atoms with Crippen LogP contribution in [0, 0.1) is 0 Å². The molecule has 0 heterocycles. The van der Waals surface area contributed by atoms with Crippen LogP contribution in [0.3, 0.4) is 0 Å². The summed E-state index contributed by atoms with van der Waals surface area (Å²) < 4.78 is 11.7. The summed E-state index contributed by atoms with van der Waals surface area (Å²) in [6.07, 6.45) is -0.533. The van der Waals surface area contributed by atoms with E-state index in [0.717, 1.165) is 11.1 Å². The van der Waals surface area contributed by atoms with Crippen LogP contribution in [0.15, 0.2) is 72.8 Å². The number of amides is 1. The quantitative estimate of drug-likeness (QED) is 0.295. The van der Waals surface area contributed by atoms with Gasteiger partial charge >= 0.3 is 35.5 Å². The molecule has 0 radical (unpaired) electrons. The van der Waals surface area contributed by atoms with E-state index in [0.29, 0.717) is 24.3 Å². The smallest absolute Gasteiger partial charge is 1.00 e. The van der Waals surface area contributed by atoms with E-state index in [-0.39, 0.29) is 55.3 Å². The molecule has 0 aromatic heterocycles. The SMILES string of the molecule is NC(=O)C(O)c1ccc(Oc2cccc(-c3ccccc3)c2)cc1OCCCCC(=O)O.[H-].[Na+]. The number of carbonyl (C=O) groups excluding carboxylic acids is 1. The Morgan fingerprint density at radius 3 is 2.30 bits per heavy atom. The van der Waals surface area contributed by atoms with E-state index in [1.54, 1.807) is 12.1 Å². The zero-order valence-corrected chi connectivity index (χ0v) is 20.4. The molecule has 0 fully saturated rings. The van der Waals surface area contributed by atoms with Crippen molar-refractivity contribution in [2.45, 2.75) is 25.4 Å². The van der Waals surface area contributed by atoms with Crippen LogP contribution < -0.4 is 44.8 Å². The number of aliphatic carboxylic acids is 1. The molecule has 0 aliphatic rings. The molecule has 3 rings (SSSR count). The van der Waals surface area contributed by atoms with E-state index in [4.69, 9.17) is 20.3 Å². The van der Waals surface area contributed by atoms with Gasteiger partial charge < -0.3 is 26.8 Å². The first-order valence-electron chi connectivity index (χ1n) is 10.2. The van der Waals surface area contributed by atoms with E-state index in [2.05, 4.69) is 0 Å². The summed E-state index contributed by atoms with van der Waals surface area (Å²) in [5.74, 6) is -0.450. The van der Waals surface area contributed by atoms with Crippen molar-refractivity contribution in [3.05, 3.63) is 78.4 Å². The van der Waals surface area contributed by atoms with Crippen LogP contribution in [-0.4, -0.2) is 28.7 Å². The largest absolute Gasteiger partial charge is 1.00 e. The maximum Gasteiger partial charge on any atom is 1.00 e.